The van der Waals surface area contributed by atoms with Gasteiger partial charge in [0.15, 0.2) is 0 Å². The van der Waals surface area contributed by atoms with E-state index in [9.17, 15) is 9.18 Å². The Labute approximate surface area is 193 Å². The lowest BCUT2D eigenvalue weighted by Gasteiger charge is -2.53. The molecule has 1 amide bonds. The molecule has 2 aliphatic rings. The summed E-state index contributed by atoms with van der Waals surface area (Å²) >= 11 is 0. The zero-order valence-electron chi connectivity index (χ0n) is 18.4. The lowest BCUT2D eigenvalue weighted by Crippen LogP contribution is -2.65. The number of fused-ring (bicyclic) bond motifs is 2. The molecule has 2 saturated heterocycles. The van der Waals surface area contributed by atoms with Gasteiger partial charge in [-0.1, -0.05) is 6.07 Å². The van der Waals surface area contributed by atoms with Gasteiger partial charge in [-0.2, -0.15) is 15.0 Å². The van der Waals surface area contributed by atoms with Crippen molar-refractivity contribution < 1.29 is 13.6 Å². The van der Waals surface area contributed by atoms with Gasteiger partial charge in [0.25, 0.3) is 5.91 Å². The van der Waals surface area contributed by atoms with Gasteiger partial charge in [0.05, 0.1) is 35.7 Å². The first-order chi connectivity index (χ1) is 16.5. The smallest absolute Gasteiger partial charge is 0.259 e. The summed E-state index contributed by atoms with van der Waals surface area (Å²) in [7, 11) is 0. The molecule has 2 fully saturated rings. The number of carbonyl (C=O) groups is 1. The number of rotatable bonds is 3. The second-order valence-corrected chi connectivity index (χ2v) is 8.79. The maximum absolute atomic E-state index is 15.2. The summed E-state index contributed by atoms with van der Waals surface area (Å²) in [5.41, 5.74) is 1.80. The maximum Gasteiger partial charge on any atom is 0.259 e. The van der Waals surface area contributed by atoms with E-state index in [2.05, 4.69) is 25.1 Å². The summed E-state index contributed by atoms with van der Waals surface area (Å²) in [6, 6.07) is 7.68. The number of hydrogen-bond donors (Lipinski definition) is 0. The molecule has 0 N–H and O–H groups in total. The molecule has 2 aromatic carbocycles. The van der Waals surface area contributed by atoms with Gasteiger partial charge in [0.2, 0.25) is 0 Å². The third-order valence-corrected chi connectivity index (χ3v) is 6.79. The quantitative estimate of drug-likeness (QED) is 0.466. The number of carbonyl (C=O) groups excluding carboxylic acids is 1. The Bertz CT molecular complexity index is 1410. The normalized spacial score (nSPS) is 19.7. The zero-order chi connectivity index (χ0) is 23.4. The number of likely N-dealkylation sites (tertiary alicyclic amines) is 1. The van der Waals surface area contributed by atoms with Crippen molar-refractivity contribution in [3.05, 3.63) is 71.7 Å². The van der Waals surface area contributed by atoms with Gasteiger partial charge in [-0.3, -0.25) is 9.78 Å². The van der Waals surface area contributed by atoms with Crippen LogP contribution in [0.25, 0.3) is 16.7 Å². The van der Waals surface area contributed by atoms with Gasteiger partial charge >= 0.3 is 0 Å². The Morgan fingerprint density at radius 3 is 2.71 bits per heavy atom. The van der Waals surface area contributed by atoms with E-state index in [1.807, 2.05) is 0 Å². The number of anilines is 1. The van der Waals surface area contributed by atoms with Crippen LogP contribution in [0.5, 0.6) is 0 Å². The molecule has 0 spiro atoms. The average Bonchev–Trinajstić information content (AvgIpc) is 3.36. The minimum atomic E-state index is -0.556. The number of hydrogen-bond acceptors (Lipinski definition) is 6. The zero-order valence-corrected chi connectivity index (χ0v) is 18.4. The first-order valence-electron chi connectivity index (χ1n) is 11.1. The molecule has 2 atom stereocenters. The number of halogens is 2. The average molecular weight is 461 g/mol. The fraction of sp³-hybridized carbons (Fsp3) is 0.292. The lowest BCUT2D eigenvalue weighted by molar-refractivity contribution is 0.0586. The summed E-state index contributed by atoms with van der Waals surface area (Å²) in [6.07, 6.45) is 5.44. The van der Waals surface area contributed by atoms with Crippen LogP contribution in [-0.2, 0) is 0 Å². The SMILES string of the molecule is Cc1ccc(-n2nccn2)c(C(=O)N2CCC3CN(c4cnc5cc(F)ccc5n4)[C@@H]3C2)c1F. The van der Waals surface area contributed by atoms with Crippen LogP contribution < -0.4 is 4.90 Å². The number of benzene rings is 2. The van der Waals surface area contributed by atoms with Crippen molar-refractivity contribution in [3.8, 4) is 5.69 Å². The number of aromatic nitrogens is 5. The van der Waals surface area contributed by atoms with E-state index in [0.29, 0.717) is 47.1 Å². The van der Waals surface area contributed by atoms with Crippen LogP contribution in [0.3, 0.4) is 0 Å². The molecular weight excluding hydrogens is 440 g/mol. The van der Waals surface area contributed by atoms with E-state index >= 15 is 4.39 Å². The Balaban J connectivity index is 1.28. The fourth-order valence-electron chi connectivity index (χ4n) is 4.90. The van der Waals surface area contributed by atoms with Crippen molar-refractivity contribution in [1.29, 1.82) is 0 Å². The van der Waals surface area contributed by atoms with Crippen LogP contribution in [0.4, 0.5) is 14.6 Å². The summed E-state index contributed by atoms with van der Waals surface area (Å²) in [6.45, 7) is 3.45. The van der Waals surface area contributed by atoms with E-state index < -0.39 is 5.82 Å². The second kappa shape index (κ2) is 7.82. The summed E-state index contributed by atoms with van der Waals surface area (Å²) in [4.78, 5) is 27.6. The van der Waals surface area contributed by atoms with Crippen molar-refractivity contribution in [1.82, 2.24) is 29.9 Å². The van der Waals surface area contributed by atoms with Gasteiger partial charge in [0, 0.05) is 31.6 Å². The highest BCUT2D eigenvalue weighted by Gasteiger charge is 2.45. The molecule has 0 aliphatic carbocycles. The molecule has 1 unspecified atom stereocenters. The van der Waals surface area contributed by atoms with Crippen molar-refractivity contribution >= 4 is 22.8 Å². The van der Waals surface area contributed by atoms with Crippen molar-refractivity contribution in [2.24, 2.45) is 5.92 Å². The van der Waals surface area contributed by atoms with E-state index in [1.54, 1.807) is 36.2 Å². The summed E-state index contributed by atoms with van der Waals surface area (Å²) in [5, 5.41) is 8.17. The van der Waals surface area contributed by atoms with Crippen molar-refractivity contribution in [3.63, 3.8) is 0 Å². The van der Waals surface area contributed by atoms with Crippen LogP contribution in [0.2, 0.25) is 0 Å². The molecule has 6 rings (SSSR count). The Hall–Kier alpha value is -3.95. The topological polar surface area (TPSA) is 80.0 Å². The molecule has 10 heteroatoms. The van der Waals surface area contributed by atoms with Gasteiger partial charge in [-0.15, -0.1) is 0 Å². The highest BCUT2D eigenvalue weighted by atomic mass is 19.1. The monoisotopic (exact) mass is 461 g/mol. The fourth-order valence-corrected chi connectivity index (χ4v) is 4.90. The number of nitrogens with zero attached hydrogens (tertiary/aromatic N) is 7. The maximum atomic E-state index is 15.2. The van der Waals surface area contributed by atoms with Gasteiger partial charge in [-0.05, 0) is 37.1 Å². The van der Waals surface area contributed by atoms with Crippen LogP contribution in [0.15, 0.2) is 48.9 Å². The van der Waals surface area contributed by atoms with Crippen LogP contribution in [0, 0.1) is 24.5 Å². The molecule has 8 nitrogen and oxygen atoms in total. The number of piperidine rings is 1. The second-order valence-electron chi connectivity index (χ2n) is 8.79. The van der Waals surface area contributed by atoms with Crippen molar-refractivity contribution in [2.45, 2.75) is 19.4 Å². The molecule has 34 heavy (non-hydrogen) atoms. The first-order valence-corrected chi connectivity index (χ1v) is 11.1. The minimum absolute atomic E-state index is 0.0203. The predicted octanol–water partition coefficient (Wildman–Crippen LogP) is 3.15. The van der Waals surface area contributed by atoms with Crippen LogP contribution >= 0.6 is 0 Å². The number of amides is 1. The highest BCUT2D eigenvalue weighted by molar-refractivity contribution is 5.98. The van der Waals surface area contributed by atoms with Crippen molar-refractivity contribution in [2.75, 3.05) is 24.5 Å². The van der Waals surface area contributed by atoms with Crippen LogP contribution in [0.1, 0.15) is 22.3 Å². The van der Waals surface area contributed by atoms with Gasteiger partial charge < -0.3 is 9.80 Å². The first kappa shape index (κ1) is 20.6. The molecule has 4 aromatic rings. The molecule has 4 heterocycles. The van der Waals surface area contributed by atoms with E-state index in [1.165, 1.54) is 29.3 Å². The predicted molar refractivity (Wildman–Crippen MR) is 121 cm³/mol. The Kier molecular flexibility index (Phi) is 4.75. The van der Waals surface area contributed by atoms with Crippen LogP contribution in [-0.4, -0.2) is 61.4 Å². The Morgan fingerprint density at radius 2 is 1.88 bits per heavy atom. The molecule has 0 bridgehead atoms. The molecular formula is C24H21F2N7O. The Morgan fingerprint density at radius 1 is 1.06 bits per heavy atom. The number of aryl methyl sites for hydroxylation is 1. The largest absolute Gasteiger partial charge is 0.350 e. The van der Waals surface area contributed by atoms with Gasteiger partial charge in [0.1, 0.15) is 28.7 Å². The molecule has 0 radical (unpaired) electrons. The molecule has 172 valence electrons. The molecule has 2 aliphatic heterocycles. The molecule has 0 saturated carbocycles. The summed E-state index contributed by atoms with van der Waals surface area (Å²) < 4.78 is 28.7. The lowest BCUT2D eigenvalue weighted by atomic mass is 9.82. The van der Waals surface area contributed by atoms with E-state index in [0.717, 1.165) is 13.0 Å². The standard InChI is InChI=1S/C24H21F2N7O/c1-14-2-5-19(33-28-7-8-29-33)22(23(14)26)24(34)31-9-6-15-12-32(20(15)13-31)21-11-27-18-10-16(25)3-4-17(18)30-21/h2-5,7-8,10-11,15,20H,6,9,12-13H2,1H3/t15?,20-/m1/s1. The van der Waals surface area contributed by atoms with E-state index in [4.69, 9.17) is 0 Å². The summed E-state index contributed by atoms with van der Waals surface area (Å²) in [5.74, 6) is -0.172. The van der Waals surface area contributed by atoms with E-state index in [-0.39, 0.29) is 23.3 Å². The third kappa shape index (κ3) is 3.28. The molecule has 2 aromatic heterocycles. The highest BCUT2D eigenvalue weighted by Crippen LogP contribution is 2.37. The minimum Gasteiger partial charge on any atom is -0.350 e. The van der Waals surface area contributed by atoms with Gasteiger partial charge in [-0.25, -0.2) is 13.8 Å². The third-order valence-electron chi connectivity index (χ3n) is 6.79.